The Labute approximate surface area is 176 Å². The number of carbonyl (C=O) groups is 1. The molecule has 0 fully saturated rings. The third-order valence-electron chi connectivity index (χ3n) is 4.93. The normalized spacial score (nSPS) is 10.7. The third kappa shape index (κ3) is 4.18. The van der Waals surface area contributed by atoms with Gasteiger partial charge < -0.3 is 9.47 Å². The van der Waals surface area contributed by atoms with Gasteiger partial charge in [-0.1, -0.05) is 48.5 Å². The number of rotatable bonds is 6. The Morgan fingerprint density at radius 3 is 2.47 bits per heavy atom. The number of hydrogen-bond acceptors (Lipinski definition) is 4. The predicted octanol–water partition coefficient (Wildman–Crippen LogP) is 5.97. The summed E-state index contributed by atoms with van der Waals surface area (Å²) in [4.78, 5) is 16.9. The summed E-state index contributed by atoms with van der Waals surface area (Å²) >= 11 is 0. The fraction of sp³-hybridized carbons (Fsp3) is 0.154. The van der Waals surface area contributed by atoms with Gasteiger partial charge in [-0.05, 0) is 49.2 Å². The highest BCUT2D eigenvalue weighted by molar-refractivity contribution is 5.91. The molecule has 0 aliphatic rings. The molecule has 0 saturated heterocycles. The summed E-state index contributed by atoms with van der Waals surface area (Å²) in [6.07, 6.45) is 0. The molecule has 0 atom stereocenters. The van der Waals surface area contributed by atoms with Gasteiger partial charge in [-0.3, -0.25) is 0 Å². The molecular formula is C26H23NO3. The van der Waals surface area contributed by atoms with Gasteiger partial charge in [0.1, 0.15) is 12.4 Å². The molecule has 30 heavy (non-hydrogen) atoms. The third-order valence-corrected chi connectivity index (χ3v) is 4.93. The number of esters is 1. The molecule has 150 valence electrons. The van der Waals surface area contributed by atoms with Crippen molar-refractivity contribution in [1.29, 1.82) is 0 Å². The van der Waals surface area contributed by atoms with Crippen LogP contribution in [0.3, 0.4) is 0 Å². The van der Waals surface area contributed by atoms with Crippen molar-refractivity contribution in [2.24, 2.45) is 0 Å². The van der Waals surface area contributed by atoms with Crippen molar-refractivity contribution < 1.29 is 14.3 Å². The Morgan fingerprint density at radius 1 is 0.933 bits per heavy atom. The SMILES string of the molecule is CCOC(=O)c1ccc(-c2cc(OCc3ccccc3)c3ccccc3n2)c(C)c1. The van der Waals surface area contributed by atoms with Gasteiger partial charge in [-0.25, -0.2) is 9.78 Å². The van der Waals surface area contributed by atoms with Crippen LogP contribution in [-0.4, -0.2) is 17.6 Å². The molecule has 4 heteroatoms. The minimum atomic E-state index is -0.314. The van der Waals surface area contributed by atoms with Gasteiger partial charge in [-0.15, -0.1) is 0 Å². The van der Waals surface area contributed by atoms with Gasteiger partial charge in [0.25, 0.3) is 0 Å². The number of hydrogen-bond donors (Lipinski definition) is 0. The van der Waals surface area contributed by atoms with E-state index in [1.54, 1.807) is 13.0 Å². The van der Waals surface area contributed by atoms with Crippen LogP contribution < -0.4 is 4.74 Å². The van der Waals surface area contributed by atoms with E-state index < -0.39 is 0 Å². The molecule has 0 radical (unpaired) electrons. The lowest BCUT2D eigenvalue weighted by molar-refractivity contribution is 0.0526. The van der Waals surface area contributed by atoms with Gasteiger partial charge in [0.15, 0.2) is 0 Å². The molecule has 4 aromatic rings. The minimum absolute atomic E-state index is 0.314. The molecule has 4 rings (SSSR count). The van der Waals surface area contributed by atoms with Crippen LogP contribution in [-0.2, 0) is 11.3 Å². The molecule has 0 aliphatic heterocycles. The lowest BCUT2D eigenvalue weighted by atomic mass is 10.0. The van der Waals surface area contributed by atoms with Crippen molar-refractivity contribution in [1.82, 2.24) is 4.98 Å². The van der Waals surface area contributed by atoms with Gasteiger partial charge in [0, 0.05) is 17.0 Å². The predicted molar refractivity (Wildman–Crippen MR) is 119 cm³/mol. The zero-order chi connectivity index (χ0) is 20.9. The number of fused-ring (bicyclic) bond motifs is 1. The summed E-state index contributed by atoms with van der Waals surface area (Å²) in [7, 11) is 0. The van der Waals surface area contributed by atoms with E-state index in [1.807, 2.05) is 79.7 Å². The van der Waals surface area contributed by atoms with Gasteiger partial charge in [0.05, 0.1) is 23.4 Å². The van der Waals surface area contributed by atoms with Crippen LogP contribution in [0.4, 0.5) is 0 Å². The largest absolute Gasteiger partial charge is 0.488 e. The molecule has 3 aromatic carbocycles. The van der Waals surface area contributed by atoms with E-state index in [0.29, 0.717) is 18.8 Å². The zero-order valence-electron chi connectivity index (χ0n) is 17.1. The number of benzene rings is 3. The highest BCUT2D eigenvalue weighted by atomic mass is 16.5. The number of carbonyl (C=O) groups excluding carboxylic acids is 1. The Balaban J connectivity index is 1.72. The first kappa shape index (κ1) is 19.6. The second-order valence-corrected chi connectivity index (χ2v) is 7.05. The van der Waals surface area contributed by atoms with Crippen molar-refractivity contribution >= 4 is 16.9 Å². The maximum Gasteiger partial charge on any atom is 0.338 e. The van der Waals surface area contributed by atoms with Gasteiger partial charge in [0.2, 0.25) is 0 Å². The smallest absolute Gasteiger partial charge is 0.338 e. The lowest BCUT2D eigenvalue weighted by Gasteiger charge is -2.13. The maximum atomic E-state index is 12.0. The Morgan fingerprint density at radius 2 is 1.70 bits per heavy atom. The summed E-state index contributed by atoms with van der Waals surface area (Å²) in [6.45, 7) is 4.61. The van der Waals surface area contributed by atoms with E-state index in [0.717, 1.165) is 39.0 Å². The highest BCUT2D eigenvalue weighted by Gasteiger charge is 2.13. The van der Waals surface area contributed by atoms with Crippen molar-refractivity contribution in [2.45, 2.75) is 20.5 Å². The van der Waals surface area contributed by atoms with E-state index in [2.05, 4.69) is 0 Å². The Kier molecular flexibility index (Phi) is 5.75. The van der Waals surface area contributed by atoms with E-state index in [9.17, 15) is 4.79 Å². The average Bonchev–Trinajstić information content (AvgIpc) is 2.78. The summed E-state index contributed by atoms with van der Waals surface area (Å²) in [6, 6.07) is 25.5. The molecular weight excluding hydrogens is 374 g/mol. The van der Waals surface area contributed by atoms with Crippen molar-refractivity contribution in [3.8, 4) is 17.0 Å². The monoisotopic (exact) mass is 397 g/mol. The summed E-state index contributed by atoms with van der Waals surface area (Å²) in [5.74, 6) is 0.471. The first-order valence-corrected chi connectivity index (χ1v) is 10.0. The number of pyridine rings is 1. The lowest BCUT2D eigenvalue weighted by Crippen LogP contribution is -2.05. The molecule has 4 nitrogen and oxygen atoms in total. The fourth-order valence-electron chi connectivity index (χ4n) is 3.43. The van der Waals surface area contributed by atoms with Crippen LogP contribution >= 0.6 is 0 Å². The summed E-state index contributed by atoms with van der Waals surface area (Å²) in [5.41, 5.74) is 5.24. The Hall–Kier alpha value is -3.66. The van der Waals surface area contributed by atoms with Crippen molar-refractivity contribution in [3.05, 3.63) is 95.6 Å². The number of aryl methyl sites for hydroxylation is 1. The number of para-hydroxylation sites is 1. The molecule has 0 bridgehead atoms. The molecule has 0 N–H and O–H groups in total. The molecule has 0 aliphatic carbocycles. The highest BCUT2D eigenvalue weighted by Crippen LogP contribution is 2.32. The number of aromatic nitrogens is 1. The minimum Gasteiger partial charge on any atom is -0.488 e. The molecule has 0 saturated carbocycles. The average molecular weight is 397 g/mol. The van der Waals surface area contributed by atoms with Crippen LogP contribution in [0.2, 0.25) is 0 Å². The maximum absolute atomic E-state index is 12.0. The second-order valence-electron chi connectivity index (χ2n) is 7.05. The van der Waals surface area contributed by atoms with Crippen LogP contribution in [0.1, 0.15) is 28.4 Å². The molecule has 0 spiro atoms. The van der Waals surface area contributed by atoms with Crippen molar-refractivity contribution in [3.63, 3.8) is 0 Å². The van der Waals surface area contributed by atoms with Crippen LogP contribution in [0.5, 0.6) is 5.75 Å². The molecule has 0 amide bonds. The second kappa shape index (κ2) is 8.78. The van der Waals surface area contributed by atoms with E-state index >= 15 is 0 Å². The number of ether oxygens (including phenoxy) is 2. The zero-order valence-corrected chi connectivity index (χ0v) is 17.1. The van der Waals surface area contributed by atoms with E-state index in [1.165, 1.54) is 0 Å². The van der Waals surface area contributed by atoms with E-state index in [4.69, 9.17) is 14.5 Å². The van der Waals surface area contributed by atoms with Crippen LogP contribution in [0.15, 0.2) is 78.9 Å². The van der Waals surface area contributed by atoms with Crippen LogP contribution in [0, 0.1) is 6.92 Å². The van der Waals surface area contributed by atoms with Crippen LogP contribution in [0.25, 0.3) is 22.2 Å². The Bertz CT molecular complexity index is 1190. The van der Waals surface area contributed by atoms with Crippen molar-refractivity contribution in [2.75, 3.05) is 6.61 Å². The molecule has 1 aromatic heterocycles. The van der Waals surface area contributed by atoms with E-state index in [-0.39, 0.29) is 5.97 Å². The fourth-order valence-corrected chi connectivity index (χ4v) is 3.43. The first-order chi connectivity index (χ1) is 14.7. The summed E-state index contributed by atoms with van der Waals surface area (Å²) < 4.78 is 11.3. The van der Waals surface area contributed by atoms with Gasteiger partial charge >= 0.3 is 5.97 Å². The molecule has 1 heterocycles. The summed E-state index contributed by atoms with van der Waals surface area (Å²) in [5, 5.41) is 0.970. The topological polar surface area (TPSA) is 48.4 Å². The first-order valence-electron chi connectivity index (χ1n) is 10.0. The number of nitrogens with zero attached hydrogens (tertiary/aromatic N) is 1. The van der Waals surface area contributed by atoms with Gasteiger partial charge in [-0.2, -0.15) is 0 Å². The quantitative estimate of drug-likeness (QED) is 0.376. The standard InChI is InChI=1S/C26H23NO3/c1-3-29-26(28)20-13-14-21(18(2)15-20)24-16-25(22-11-7-8-12-23(22)27-24)30-17-19-9-5-4-6-10-19/h4-16H,3,17H2,1-2H3. The molecule has 0 unspecified atom stereocenters.